The number of hydrogen-bond donors (Lipinski definition) is 0. The summed E-state index contributed by atoms with van der Waals surface area (Å²) in [6.07, 6.45) is -0.199. The molecule has 0 aliphatic rings. The van der Waals surface area contributed by atoms with Crippen molar-refractivity contribution in [3.63, 3.8) is 0 Å². The van der Waals surface area contributed by atoms with E-state index < -0.39 is 17.6 Å². The van der Waals surface area contributed by atoms with Crippen LogP contribution in [0.2, 0.25) is 0 Å². The topological polar surface area (TPSA) is 68.9 Å². The summed E-state index contributed by atoms with van der Waals surface area (Å²) in [6.45, 7) is 0. The van der Waals surface area contributed by atoms with Crippen molar-refractivity contribution >= 4 is 16.3 Å². The summed E-state index contributed by atoms with van der Waals surface area (Å²) in [6, 6.07) is 2.18. The summed E-state index contributed by atoms with van der Waals surface area (Å²) in [5.74, 6) is -0.544. The van der Waals surface area contributed by atoms with Crippen LogP contribution in [-0.2, 0) is 6.18 Å². The zero-order valence-electron chi connectivity index (χ0n) is 12.1. The lowest BCUT2D eigenvalue weighted by Crippen LogP contribution is -2.05. The minimum atomic E-state index is -4.58. The van der Waals surface area contributed by atoms with Crippen LogP contribution in [-0.4, -0.2) is 29.8 Å². The monoisotopic (exact) mass is 366 g/mol. The van der Waals surface area contributed by atoms with Gasteiger partial charge in [0.2, 0.25) is 10.8 Å². The van der Waals surface area contributed by atoms with Gasteiger partial charge in [-0.25, -0.2) is 9.37 Å². The minimum Gasteiger partial charge on any atom is -0.261 e. The maximum absolute atomic E-state index is 14.0. The van der Waals surface area contributed by atoms with Crippen LogP contribution in [0.1, 0.15) is 5.56 Å². The van der Waals surface area contributed by atoms with Crippen molar-refractivity contribution in [2.24, 2.45) is 0 Å². The fourth-order valence-corrected chi connectivity index (χ4v) is 3.02. The molecular formula is C14H6F4N6S. The van der Waals surface area contributed by atoms with Crippen LogP contribution in [0.15, 0.2) is 36.8 Å². The van der Waals surface area contributed by atoms with E-state index in [1.54, 1.807) is 0 Å². The molecule has 0 radical (unpaired) electrons. The summed E-state index contributed by atoms with van der Waals surface area (Å²) in [5.41, 5.74) is -0.823. The van der Waals surface area contributed by atoms with Gasteiger partial charge >= 0.3 is 6.18 Å². The third-order valence-electron chi connectivity index (χ3n) is 3.31. The van der Waals surface area contributed by atoms with E-state index in [-0.39, 0.29) is 16.4 Å². The molecule has 0 N–H and O–H groups in total. The standard InChI is InChI=1S/C14H6F4N6S/c15-9-2-1-7(14(16,17)18)5-8(9)12-23-24-11(21-22-13(24)25-12)10-6-19-3-4-20-10/h1-6H. The highest BCUT2D eigenvalue weighted by Gasteiger charge is 2.31. The quantitative estimate of drug-likeness (QED) is 0.508. The van der Waals surface area contributed by atoms with Crippen LogP contribution in [0.4, 0.5) is 17.6 Å². The average molecular weight is 366 g/mol. The van der Waals surface area contributed by atoms with E-state index in [0.29, 0.717) is 16.7 Å². The summed E-state index contributed by atoms with van der Waals surface area (Å²) < 4.78 is 53.9. The molecule has 0 saturated heterocycles. The molecule has 11 heteroatoms. The lowest BCUT2D eigenvalue weighted by Gasteiger charge is -2.08. The van der Waals surface area contributed by atoms with Crippen molar-refractivity contribution < 1.29 is 17.6 Å². The van der Waals surface area contributed by atoms with Crippen LogP contribution in [0.5, 0.6) is 0 Å². The summed E-state index contributed by atoms with van der Waals surface area (Å²) in [5, 5.41) is 12.0. The van der Waals surface area contributed by atoms with Gasteiger partial charge in [0.05, 0.1) is 11.8 Å². The Hall–Kier alpha value is -2.95. The van der Waals surface area contributed by atoms with Gasteiger partial charge in [0.25, 0.3) is 0 Å². The van der Waals surface area contributed by atoms with Gasteiger partial charge in [0.1, 0.15) is 11.5 Å². The third-order valence-corrected chi connectivity index (χ3v) is 4.24. The largest absolute Gasteiger partial charge is 0.416 e. The first-order chi connectivity index (χ1) is 11.9. The highest BCUT2D eigenvalue weighted by atomic mass is 32.1. The molecule has 3 heterocycles. The summed E-state index contributed by atoms with van der Waals surface area (Å²) >= 11 is 0.922. The Bertz CT molecular complexity index is 1060. The molecule has 0 amide bonds. The van der Waals surface area contributed by atoms with Crippen molar-refractivity contribution in [3.05, 3.63) is 48.2 Å². The lowest BCUT2D eigenvalue weighted by atomic mass is 10.1. The van der Waals surface area contributed by atoms with Crippen molar-refractivity contribution in [2.75, 3.05) is 0 Å². The van der Waals surface area contributed by atoms with Crippen LogP contribution in [0.3, 0.4) is 0 Å². The van der Waals surface area contributed by atoms with E-state index in [4.69, 9.17) is 0 Å². The molecule has 126 valence electrons. The Kier molecular flexibility index (Phi) is 3.46. The second kappa shape index (κ2) is 5.55. The Morgan fingerprint density at radius 3 is 2.64 bits per heavy atom. The molecule has 25 heavy (non-hydrogen) atoms. The molecular weight excluding hydrogens is 360 g/mol. The maximum atomic E-state index is 14.0. The van der Waals surface area contributed by atoms with Gasteiger partial charge in [-0.2, -0.15) is 22.8 Å². The predicted octanol–water partition coefficient (Wildman–Crippen LogP) is 3.47. The average Bonchev–Trinajstić information content (AvgIpc) is 3.15. The molecule has 0 atom stereocenters. The zero-order chi connectivity index (χ0) is 17.6. The summed E-state index contributed by atoms with van der Waals surface area (Å²) in [7, 11) is 0. The first-order valence-electron chi connectivity index (χ1n) is 6.79. The normalized spacial score (nSPS) is 12.0. The van der Waals surface area contributed by atoms with E-state index in [0.717, 1.165) is 23.5 Å². The number of benzene rings is 1. The number of aromatic nitrogens is 6. The Morgan fingerprint density at radius 1 is 1.08 bits per heavy atom. The second-order valence-electron chi connectivity index (χ2n) is 4.91. The SMILES string of the molecule is Fc1ccc(C(F)(F)F)cc1-c1nn2c(-c3cnccn3)nnc2s1. The molecule has 4 aromatic rings. The van der Waals surface area contributed by atoms with Gasteiger partial charge in [-0.1, -0.05) is 11.3 Å². The fraction of sp³-hybridized carbons (Fsp3) is 0.0714. The van der Waals surface area contributed by atoms with Crippen LogP contribution in [0, 0.1) is 5.82 Å². The molecule has 0 unspecified atom stereocenters. The van der Waals surface area contributed by atoms with E-state index in [9.17, 15) is 17.6 Å². The van der Waals surface area contributed by atoms with E-state index >= 15 is 0 Å². The lowest BCUT2D eigenvalue weighted by molar-refractivity contribution is -0.137. The van der Waals surface area contributed by atoms with Gasteiger partial charge in [0.15, 0.2) is 5.01 Å². The number of nitrogens with zero attached hydrogens (tertiary/aromatic N) is 6. The molecule has 0 bridgehead atoms. The van der Waals surface area contributed by atoms with Gasteiger partial charge < -0.3 is 0 Å². The Labute approximate surface area is 140 Å². The molecule has 1 aromatic carbocycles. The zero-order valence-corrected chi connectivity index (χ0v) is 12.9. The second-order valence-corrected chi connectivity index (χ2v) is 5.86. The Balaban J connectivity index is 1.85. The Morgan fingerprint density at radius 2 is 1.92 bits per heavy atom. The number of hydrogen-bond acceptors (Lipinski definition) is 6. The van der Waals surface area contributed by atoms with E-state index in [2.05, 4.69) is 25.3 Å². The van der Waals surface area contributed by atoms with Crippen LogP contribution >= 0.6 is 11.3 Å². The molecule has 0 saturated carbocycles. The first-order valence-corrected chi connectivity index (χ1v) is 7.61. The number of fused-ring (bicyclic) bond motifs is 1. The van der Waals surface area contributed by atoms with E-state index in [1.807, 2.05) is 0 Å². The number of alkyl halides is 3. The fourth-order valence-electron chi connectivity index (χ4n) is 2.17. The highest BCUT2D eigenvalue weighted by molar-refractivity contribution is 7.19. The first kappa shape index (κ1) is 15.6. The molecule has 0 aliphatic heterocycles. The molecule has 6 nitrogen and oxygen atoms in total. The predicted molar refractivity (Wildman–Crippen MR) is 80.1 cm³/mol. The van der Waals surface area contributed by atoms with Gasteiger partial charge in [-0.3, -0.25) is 4.98 Å². The summed E-state index contributed by atoms with van der Waals surface area (Å²) in [4.78, 5) is 8.28. The molecule has 3 aromatic heterocycles. The smallest absolute Gasteiger partial charge is 0.261 e. The molecule has 0 spiro atoms. The number of rotatable bonds is 2. The molecule has 0 aliphatic carbocycles. The van der Waals surface area contributed by atoms with Crippen molar-refractivity contribution in [3.8, 4) is 22.1 Å². The highest BCUT2D eigenvalue weighted by Crippen LogP contribution is 2.35. The molecule has 4 rings (SSSR count). The van der Waals surface area contributed by atoms with E-state index in [1.165, 1.54) is 23.1 Å². The van der Waals surface area contributed by atoms with Gasteiger partial charge in [0, 0.05) is 18.0 Å². The van der Waals surface area contributed by atoms with Gasteiger partial charge in [-0.15, -0.1) is 10.2 Å². The van der Waals surface area contributed by atoms with Gasteiger partial charge in [-0.05, 0) is 18.2 Å². The minimum absolute atomic E-state index is 0.0543. The van der Waals surface area contributed by atoms with Crippen molar-refractivity contribution in [2.45, 2.75) is 6.18 Å². The maximum Gasteiger partial charge on any atom is 0.416 e. The van der Waals surface area contributed by atoms with Crippen molar-refractivity contribution in [1.82, 2.24) is 29.8 Å². The third kappa shape index (κ3) is 2.71. The van der Waals surface area contributed by atoms with Crippen molar-refractivity contribution in [1.29, 1.82) is 0 Å². The van der Waals surface area contributed by atoms with Crippen LogP contribution in [0.25, 0.3) is 27.1 Å². The van der Waals surface area contributed by atoms with Crippen LogP contribution < -0.4 is 0 Å². The number of halogens is 4. The molecule has 0 fully saturated rings.